The van der Waals surface area contributed by atoms with Gasteiger partial charge in [0.25, 0.3) is 5.69 Å². The van der Waals surface area contributed by atoms with Crippen molar-refractivity contribution in [1.29, 1.82) is 0 Å². The molecule has 5 nitrogen and oxygen atoms in total. The fourth-order valence-corrected chi connectivity index (χ4v) is 3.69. The molecule has 7 heteroatoms. The molecule has 0 atom stereocenters. The van der Waals surface area contributed by atoms with Crippen molar-refractivity contribution < 1.29 is 4.92 Å². The Morgan fingerprint density at radius 3 is 2.74 bits per heavy atom. The van der Waals surface area contributed by atoms with Crippen LogP contribution in [0.3, 0.4) is 0 Å². The van der Waals surface area contributed by atoms with Crippen LogP contribution in [0.1, 0.15) is 10.4 Å². The van der Waals surface area contributed by atoms with Gasteiger partial charge in [0, 0.05) is 29.0 Å². The van der Waals surface area contributed by atoms with Gasteiger partial charge in [-0.2, -0.15) is 0 Å². The van der Waals surface area contributed by atoms with E-state index < -0.39 is 0 Å². The number of hydrogen-bond acceptors (Lipinski definition) is 5. The molecule has 1 heterocycles. The van der Waals surface area contributed by atoms with E-state index in [0.717, 1.165) is 28.8 Å². The number of aromatic nitrogens is 1. The monoisotopic (exact) mass is 437 g/mol. The van der Waals surface area contributed by atoms with E-state index in [2.05, 4.69) is 11.1 Å². The lowest BCUT2D eigenvalue weighted by Gasteiger charge is -2.05. The maximum atomic E-state index is 10.9. The molecule has 116 valence electrons. The lowest BCUT2D eigenvalue weighted by molar-refractivity contribution is -0.384. The molecule has 1 aliphatic carbocycles. The SMILES string of the molecule is I.Nc1nc2c(s1)Cc1cc(-c3cccc([N+](=O)[O-])c3)ccc1-2. The zero-order chi connectivity index (χ0) is 15.3. The lowest BCUT2D eigenvalue weighted by atomic mass is 10.00. The molecular formula is C16H12IN3O2S. The number of non-ortho nitro benzene ring substituents is 1. The summed E-state index contributed by atoms with van der Waals surface area (Å²) in [6.07, 6.45) is 0.822. The van der Waals surface area contributed by atoms with Crippen LogP contribution in [-0.4, -0.2) is 9.91 Å². The number of nitrogen functional groups attached to an aromatic ring is 1. The van der Waals surface area contributed by atoms with Gasteiger partial charge < -0.3 is 5.73 Å². The molecule has 0 amide bonds. The van der Waals surface area contributed by atoms with E-state index in [-0.39, 0.29) is 34.6 Å². The van der Waals surface area contributed by atoms with Gasteiger partial charge in [-0.05, 0) is 16.7 Å². The van der Waals surface area contributed by atoms with Crippen molar-refractivity contribution >= 4 is 46.1 Å². The summed E-state index contributed by atoms with van der Waals surface area (Å²) in [6, 6.07) is 12.8. The number of nitro groups is 1. The Morgan fingerprint density at radius 2 is 1.96 bits per heavy atom. The van der Waals surface area contributed by atoms with Gasteiger partial charge in [-0.1, -0.05) is 30.3 Å². The molecule has 0 radical (unpaired) electrons. The molecule has 0 saturated carbocycles. The number of nitrogens with two attached hydrogens (primary N) is 1. The summed E-state index contributed by atoms with van der Waals surface area (Å²) in [5.41, 5.74) is 11.0. The van der Waals surface area contributed by atoms with Crippen LogP contribution in [0.25, 0.3) is 22.4 Å². The van der Waals surface area contributed by atoms with Crippen LogP contribution in [0.2, 0.25) is 0 Å². The standard InChI is InChI=1S/C16H11N3O2S.HI/c17-16-18-15-13-5-4-10(6-11(13)8-14(15)22-16)9-2-1-3-12(7-9)19(20)21;/h1-7H,8H2,(H2,17,18);1H. The van der Waals surface area contributed by atoms with Crippen LogP contribution < -0.4 is 5.73 Å². The Kier molecular flexibility index (Phi) is 4.07. The third kappa shape index (κ3) is 2.70. The predicted molar refractivity (Wildman–Crippen MR) is 102 cm³/mol. The topological polar surface area (TPSA) is 82.0 Å². The van der Waals surface area contributed by atoms with E-state index in [1.807, 2.05) is 18.2 Å². The summed E-state index contributed by atoms with van der Waals surface area (Å²) in [7, 11) is 0. The molecule has 1 aromatic heterocycles. The van der Waals surface area contributed by atoms with E-state index in [0.29, 0.717) is 5.13 Å². The van der Waals surface area contributed by atoms with E-state index in [4.69, 9.17) is 5.73 Å². The second kappa shape index (κ2) is 5.89. The Morgan fingerprint density at radius 1 is 1.17 bits per heavy atom. The highest BCUT2D eigenvalue weighted by Gasteiger charge is 2.23. The van der Waals surface area contributed by atoms with Gasteiger partial charge in [0.2, 0.25) is 0 Å². The van der Waals surface area contributed by atoms with Gasteiger partial charge in [-0.25, -0.2) is 4.98 Å². The fraction of sp³-hybridized carbons (Fsp3) is 0.0625. The summed E-state index contributed by atoms with van der Waals surface area (Å²) in [6.45, 7) is 0. The summed E-state index contributed by atoms with van der Waals surface area (Å²) in [5.74, 6) is 0. The van der Waals surface area contributed by atoms with Crippen LogP contribution >= 0.6 is 35.3 Å². The zero-order valence-corrected chi connectivity index (χ0v) is 15.0. The molecule has 4 rings (SSSR count). The van der Waals surface area contributed by atoms with E-state index in [9.17, 15) is 10.1 Å². The third-order valence-corrected chi connectivity index (χ3v) is 4.70. The minimum absolute atomic E-state index is 0. The lowest BCUT2D eigenvalue weighted by Crippen LogP contribution is -1.89. The number of anilines is 1. The zero-order valence-electron chi connectivity index (χ0n) is 11.9. The number of benzene rings is 2. The van der Waals surface area contributed by atoms with Gasteiger partial charge in [0.05, 0.1) is 10.6 Å². The highest BCUT2D eigenvalue weighted by atomic mass is 127. The number of thiazole rings is 1. The summed E-state index contributed by atoms with van der Waals surface area (Å²) >= 11 is 1.52. The first-order valence-electron chi connectivity index (χ1n) is 6.75. The molecule has 0 bridgehead atoms. The molecule has 2 N–H and O–H groups in total. The summed E-state index contributed by atoms with van der Waals surface area (Å²) < 4.78 is 0. The Labute approximate surface area is 153 Å². The average Bonchev–Trinajstić information content (AvgIpc) is 3.02. The van der Waals surface area contributed by atoms with Crippen molar-refractivity contribution in [2.24, 2.45) is 0 Å². The largest absolute Gasteiger partial charge is 0.375 e. The highest BCUT2D eigenvalue weighted by molar-refractivity contribution is 14.0. The quantitative estimate of drug-likeness (QED) is 0.285. The molecule has 0 saturated heterocycles. The smallest absolute Gasteiger partial charge is 0.270 e. The van der Waals surface area contributed by atoms with Crippen LogP contribution in [0.15, 0.2) is 42.5 Å². The van der Waals surface area contributed by atoms with Crippen LogP contribution in [0, 0.1) is 10.1 Å². The number of halogens is 1. The number of rotatable bonds is 2. The Hall–Kier alpha value is -2.00. The average molecular weight is 437 g/mol. The fourth-order valence-electron chi connectivity index (χ4n) is 2.82. The van der Waals surface area contributed by atoms with Gasteiger partial charge in [0.1, 0.15) is 0 Å². The molecule has 0 spiro atoms. The molecule has 0 aliphatic heterocycles. The van der Waals surface area contributed by atoms with Crippen molar-refractivity contribution in [3.05, 3.63) is 63.0 Å². The highest BCUT2D eigenvalue weighted by Crippen LogP contribution is 2.41. The molecule has 2 aromatic carbocycles. The molecule has 0 fully saturated rings. The van der Waals surface area contributed by atoms with E-state index >= 15 is 0 Å². The molecular weight excluding hydrogens is 425 g/mol. The third-order valence-electron chi connectivity index (χ3n) is 3.82. The maximum Gasteiger partial charge on any atom is 0.270 e. The Bertz CT molecular complexity index is 923. The van der Waals surface area contributed by atoms with E-state index in [1.165, 1.54) is 27.8 Å². The van der Waals surface area contributed by atoms with Gasteiger partial charge in [0.15, 0.2) is 5.13 Å². The minimum atomic E-state index is -0.374. The van der Waals surface area contributed by atoms with Gasteiger partial charge in [-0.15, -0.1) is 35.3 Å². The van der Waals surface area contributed by atoms with Crippen molar-refractivity contribution in [3.8, 4) is 22.4 Å². The first-order chi connectivity index (χ1) is 10.6. The number of nitro benzene ring substituents is 1. The summed E-state index contributed by atoms with van der Waals surface area (Å²) in [4.78, 5) is 16.1. The molecule has 0 unspecified atom stereocenters. The van der Waals surface area contributed by atoms with Crippen LogP contribution in [0.5, 0.6) is 0 Å². The Balaban J connectivity index is 0.00000156. The van der Waals surface area contributed by atoms with Gasteiger partial charge in [-0.3, -0.25) is 10.1 Å². The normalized spacial score (nSPS) is 11.5. The number of nitrogens with zero attached hydrogens (tertiary/aromatic N) is 2. The van der Waals surface area contributed by atoms with Crippen molar-refractivity contribution in [3.63, 3.8) is 0 Å². The second-order valence-corrected chi connectivity index (χ2v) is 6.30. The minimum Gasteiger partial charge on any atom is -0.375 e. The number of hydrogen-bond donors (Lipinski definition) is 1. The second-order valence-electron chi connectivity index (χ2n) is 5.18. The summed E-state index contributed by atoms with van der Waals surface area (Å²) in [5, 5.41) is 11.5. The molecule has 1 aliphatic rings. The first kappa shape index (κ1) is 15.9. The number of fused-ring (bicyclic) bond motifs is 3. The molecule has 3 aromatic rings. The van der Waals surface area contributed by atoms with Crippen LogP contribution in [-0.2, 0) is 6.42 Å². The van der Waals surface area contributed by atoms with Gasteiger partial charge >= 0.3 is 0 Å². The van der Waals surface area contributed by atoms with E-state index in [1.54, 1.807) is 12.1 Å². The first-order valence-corrected chi connectivity index (χ1v) is 7.57. The maximum absolute atomic E-state index is 10.9. The van der Waals surface area contributed by atoms with Crippen molar-refractivity contribution in [2.75, 3.05) is 5.73 Å². The molecule has 23 heavy (non-hydrogen) atoms. The van der Waals surface area contributed by atoms with Crippen molar-refractivity contribution in [1.82, 2.24) is 4.98 Å². The van der Waals surface area contributed by atoms with Crippen molar-refractivity contribution in [2.45, 2.75) is 6.42 Å². The predicted octanol–water partition coefficient (Wildman–Crippen LogP) is 4.49. The van der Waals surface area contributed by atoms with Crippen LogP contribution in [0.4, 0.5) is 10.8 Å².